The van der Waals surface area contributed by atoms with Crippen molar-refractivity contribution in [2.24, 2.45) is 0 Å². The highest BCUT2D eigenvalue weighted by Gasteiger charge is 2.46. The second-order valence-corrected chi connectivity index (χ2v) is 8.15. The Bertz CT molecular complexity index is 1300. The molecule has 0 bridgehead atoms. The van der Waals surface area contributed by atoms with Crippen molar-refractivity contribution < 1.29 is 28.9 Å². The number of fused-ring (bicyclic) bond motifs is 1. The lowest BCUT2D eigenvalue weighted by Crippen LogP contribution is -2.29. The average Bonchev–Trinajstić information content (AvgIpc) is 3.14. The van der Waals surface area contributed by atoms with Crippen LogP contribution < -0.4 is 14.2 Å². The van der Waals surface area contributed by atoms with Crippen molar-refractivity contribution in [1.82, 2.24) is 9.88 Å². The third-order valence-electron chi connectivity index (χ3n) is 5.94. The third-order valence-corrected chi connectivity index (χ3v) is 5.94. The largest absolute Gasteiger partial charge is 0.507 e. The number of likely N-dealkylation sites (tertiary alicyclic amines) is 1. The van der Waals surface area contributed by atoms with Gasteiger partial charge in [-0.1, -0.05) is 12.1 Å². The molecule has 3 heterocycles. The summed E-state index contributed by atoms with van der Waals surface area (Å²) >= 11 is 0. The normalized spacial score (nSPS) is 18.5. The highest BCUT2D eigenvalue weighted by Crippen LogP contribution is 2.42. The number of hydrogen-bond donors (Lipinski definition) is 1. The van der Waals surface area contributed by atoms with Crippen molar-refractivity contribution in [3.05, 3.63) is 89.3 Å². The quantitative estimate of drug-likeness (QED) is 0.330. The Labute approximate surface area is 202 Å². The van der Waals surface area contributed by atoms with Gasteiger partial charge in [-0.2, -0.15) is 0 Å². The van der Waals surface area contributed by atoms with E-state index in [0.29, 0.717) is 48.2 Å². The summed E-state index contributed by atoms with van der Waals surface area (Å²) in [6.45, 7) is 3.35. The Balaban J connectivity index is 1.63. The maximum absolute atomic E-state index is 13.3. The third kappa shape index (κ3) is 4.30. The minimum atomic E-state index is -0.809. The average molecular weight is 472 g/mol. The molecule has 1 amide bonds. The molecule has 2 aliphatic heterocycles. The molecule has 8 heteroatoms. The number of aromatic nitrogens is 1. The minimum Gasteiger partial charge on any atom is -0.507 e. The summed E-state index contributed by atoms with van der Waals surface area (Å²) in [6.07, 6.45) is 3.26. The van der Waals surface area contributed by atoms with E-state index in [0.717, 1.165) is 5.56 Å². The first-order valence-electron chi connectivity index (χ1n) is 11.4. The van der Waals surface area contributed by atoms with Crippen molar-refractivity contribution in [2.45, 2.75) is 19.5 Å². The molecule has 0 aliphatic carbocycles. The standard InChI is InChI=1S/C27H24N2O6/c1-2-33-20-5-3-4-18(14-20)24-23(25(30)19-6-7-21-22(15-19)35-13-12-34-21)26(31)27(32)29(24)16-17-8-10-28-11-9-17/h3-11,14-15,24,30H,2,12-13,16H2,1H3/b25-23+/t24-/m1/s1. The predicted molar refractivity (Wildman–Crippen MR) is 127 cm³/mol. The molecule has 0 unspecified atom stereocenters. The zero-order valence-corrected chi connectivity index (χ0v) is 19.1. The Morgan fingerprint density at radius 3 is 2.60 bits per heavy atom. The lowest BCUT2D eigenvalue weighted by Gasteiger charge is -2.26. The molecule has 178 valence electrons. The van der Waals surface area contributed by atoms with Crippen molar-refractivity contribution in [3.8, 4) is 17.2 Å². The van der Waals surface area contributed by atoms with Crippen LogP contribution >= 0.6 is 0 Å². The second kappa shape index (κ2) is 9.50. The SMILES string of the molecule is CCOc1cccc([C@@H]2/C(=C(\O)c3ccc4c(c3)OCCO4)C(=O)C(=O)N2Cc2ccncc2)c1. The lowest BCUT2D eigenvalue weighted by atomic mass is 9.95. The number of benzene rings is 2. The van der Waals surface area contributed by atoms with Gasteiger partial charge in [-0.15, -0.1) is 0 Å². The van der Waals surface area contributed by atoms with Gasteiger partial charge in [0.25, 0.3) is 11.7 Å². The molecule has 1 aromatic heterocycles. The first kappa shape index (κ1) is 22.5. The molecule has 1 N–H and O–H groups in total. The Morgan fingerprint density at radius 1 is 1.06 bits per heavy atom. The first-order valence-corrected chi connectivity index (χ1v) is 11.4. The fourth-order valence-corrected chi connectivity index (χ4v) is 4.36. The number of hydrogen-bond acceptors (Lipinski definition) is 7. The van der Waals surface area contributed by atoms with Crippen LogP contribution in [0.2, 0.25) is 0 Å². The van der Waals surface area contributed by atoms with Gasteiger partial charge in [0.2, 0.25) is 0 Å². The second-order valence-electron chi connectivity index (χ2n) is 8.15. The van der Waals surface area contributed by atoms with Gasteiger partial charge in [0.05, 0.1) is 18.2 Å². The van der Waals surface area contributed by atoms with E-state index in [1.54, 1.807) is 54.9 Å². The van der Waals surface area contributed by atoms with Crippen molar-refractivity contribution >= 4 is 17.4 Å². The van der Waals surface area contributed by atoms with E-state index < -0.39 is 17.7 Å². The summed E-state index contributed by atoms with van der Waals surface area (Å²) in [7, 11) is 0. The minimum absolute atomic E-state index is 0.00869. The molecule has 3 aromatic rings. The van der Waals surface area contributed by atoms with Crippen molar-refractivity contribution in [3.63, 3.8) is 0 Å². The van der Waals surface area contributed by atoms with E-state index in [2.05, 4.69) is 4.98 Å². The molecule has 0 saturated carbocycles. The summed E-state index contributed by atoms with van der Waals surface area (Å²) in [5.41, 5.74) is 1.84. The number of amides is 1. The molecule has 1 atom stereocenters. The van der Waals surface area contributed by atoms with Gasteiger partial charge in [0.15, 0.2) is 11.5 Å². The summed E-state index contributed by atoms with van der Waals surface area (Å²) < 4.78 is 16.8. The molecule has 5 rings (SSSR count). The molecule has 8 nitrogen and oxygen atoms in total. The highest BCUT2D eigenvalue weighted by molar-refractivity contribution is 6.46. The zero-order chi connectivity index (χ0) is 24.4. The molecule has 0 spiro atoms. The molecule has 35 heavy (non-hydrogen) atoms. The zero-order valence-electron chi connectivity index (χ0n) is 19.1. The van der Waals surface area contributed by atoms with Gasteiger partial charge < -0.3 is 24.2 Å². The van der Waals surface area contributed by atoms with Crippen LogP contribution in [0.4, 0.5) is 0 Å². The van der Waals surface area contributed by atoms with Crippen LogP contribution in [0.5, 0.6) is 17.2 Å². The number of nitrogens with zero attached hydrogens (tertiary/aromatic N) is 2. The maximum atomic E-state index is 13.3. The van der Waals surface area contributed by atoms with Crippen LogP contribution in [0.25, 0.3) is 5.76 Å². The van der Waals surface area contributed by atoms with Crippen LogP contribution in [-0.4, -0.2) is 46.5 Å². The number of aliphatic hydroxyl groups is 1. The molecule has 2 aliphatic rings. The van der Waals surface area contributed by atoms with Gasteiger partial charge in [0, 0.05) is 24.5 Å². The van der Waals surface area contributed by atoms with Crippen LogP contribution in [0.15, 0.2) is 72.6 Å². The first-order chi connectivity index (χ1) is 17.1. The molecule has 1 fully saturated rings. The molecule has 2 aromatic carbocycles. The van der Waals surface area contributed by atoms with E-state index in [4.69, 9.17) is 14.2 Å². The fraction of sp³-hybridized carbons (Fsp3) is 0.222. The number of ether oxygens (including phenoxy) is 3. The van der Waals surface area contributed by atoms with E-state index in [1.165, 1.54) is 4.90 Å². The van der Waals surface area contributed by atoms with Crippen LogP contribution in [0, 0.1) is 0 Å². The van der Waals surface area contributed by atoms with Crippen molar-refractivity contribution in [2.75, 3.05) is 19.8 Å². The summed E-state index contributed by atoms with van der Waals surface area (Å²) in [5, 5.41) is 11.3. The van der Waals surface area contributed by atoms with E-state index in [-0.39, 0.29) is 17.9 Å². The Morgan fingerprint density at radius 2 is 1.83 bits per heavy atom. The Hall–Kier alpha value is -4.33. The van der Waals surface area contributed by atoms with Gasteiger partial charge in [-0.05, 0) is 60.5 Å². The number of pyridine rings is 1. The number of aliphatic hydroxyl groups excluding tert-OH is 1. The monoisotopic (exact) mass is 472 g/mol. The van der Waals surface area contributed by atoms with Crippen LogP contribution in [0.1, 0.15) is 29.7 Å². The number of carbonyl (C=O) groups excluding carboxylic acids is 2. The molecule has 0 radical (unpaired) electrons. The molecular weight excluding hydrogens is 448 g/mol. The predicted octanol–water partition coefficient (Wildman–Crippen LogP) is 3.87. The summed E-state index contributed by atoms with van der Waals surface area (Å²) in [5.74, 6) is -0.0673. The van der Waals surface area contributed by atoms with Gasteiger partial charge >= 0.3 is 0 Å². The fourth-order valence-electron chi connectivity index (χ4n) is 4.36. The number of rotatable bonds is 6. The topological polar surface area (TPSA) is 98.2 Å². The van der Waals surface area contributed by atoms with Gasteiger partial charge in [0.1, 0.15) is 24.7 Å². The van der Waals surface area contributed by atoms with E-state index in [1.807, 2.05) is 19.1 Å². The number of carbonyl (C=O) groups is 2. The molecular formula is C27H24N2O6. The summed E-state index contributed by atoms with van der Waals surface area (Å²) in [6, 6.07) is 14.9. The summed E-state index contributed by atoms with van der Waals surface area (Å²) in [4.78, 5) is 32.0. The van der Waals surface area contributed by atoms with Gasteiger partial charge in [-0.3, -0.25) is 14.6 Å². The number of ketones is 1. The van der Waals surface area contributed by atoms with Crippen LogP contribution in [-0.2, 0) is 16.1 Å². The Kier molecular flexibility index (Phi) is 6.10. The number of Topliss-reactive ketones (excluding diaryl/α,β-unsaturated/α-hetero) is 1. The van der Waals surface area contributed by atoms with Crippen LogP contribution in [0.3, 0.4) is 0 Å². The maximum Gasteiger partial charge on any atom is 0.295 e. The lowest BCUT2D eigenvalue weighted by molar-refractivity contribution is -0.140. The van der Waals surface area contributed by atoms with E-state index in [9.17, 15) is 14.7 Å². The smallest absolute Gasteiger partial charge is 0.295 e. The highest BCUT2D eigenvalue weighted by atomic mass is 16.6. The van der Waals surface area contributed by atoms with Crippen molar-refractivity contribution in [1.29, 1.82) is 0 Å². The van der Waals surface area contributed by atoms with Gasteiger partial charge in [-0.25, -0.2) is 0 Å². The molecule has 1 saturated heterocycles. The van der Waals surface area contributed by atoms with E-state index >= 15 is 0 Å².